The molecule has 0 aliphatic heterocycles. The van der Waals surface area contributed by atoms with Crippen LogP contribution in [0.3, 0.4) is 0 Å². The van der Waals surface area contributed by atoms with Crippen LogP contribution in [-0.4, -0.2) is 21.1 Å². The fourth-order valence-corrected chi connectivity index (χ4v) is 3.43. The molecular weight excluding hydrogens is 316 g/mol. The number of hydrogen-bond donors (Lipinski definition) is 1. The van der Waals surface area contributed by atoms with Crippen LogP contribution in [-0.2, 0) is 11.3 Å². The van der Waals surface area contributed by atoms with Gasteiger partial charge in [0, 0.05) is 18.0 Å². The van der Waals surface area contributed by atoms with Gasteiger partial charge in [-0.15, -0.1) is 10.2 Å². The van der Waals surface area contributed by atoms with Crippen LogP contribution in [0.5, 0.6) is 0 Å². The van der Waals surface area contributed by atoms with Gasteiger partial charge in [0.2, 0.25) is 11.8 Å². The van der Waals surface area contributed by atoms with E-state index < -0.39 is 0 Å². The molecular formula is C19H20N4O2. The molecule has 25 heavy (non-hydrogen) atoms. The van der Waals surface area contributed by atoms with Crippen LogP contribution in [0.25, 0.3) is 22.4 Å². The molecule has 0 saturated heterocycles. The molecule has 0 unspecified atom stereocenters. The van der Waals surface area contributed by atoms with Crippen LogP contribution in [0.1, 0.15) is 38.0 Å². The van der Waals surface area contributed by atoms with Gasteiger partial charge < -0.3 is 9.73 Å². The molecule has 2 aromatic heterocycles. The van der Waals surface area contributed by atoms with Gasteiger partial charge in [-0.2, -0.15) is 0 Å². The Hall–Kier alpha value is -2.76. The van der Waals surface area contributed by atoms with Crippen LogP contribution < -0.4 is 5.32 Å². The second-order valence-corrected chi connectivity index (χ2v) is 6.51. The molecule has 0 atom stereocenters. The minimum Gasteiger partial charge on any atom is -0.417 e. The maximum atomic E-state index is 12.0. The second-order valence-electron chi connectivity index (χ2n) is 6.51. The van der Waals surface area contributed by atoms with E-state index in [1.807, 2.05) is 30.3 Å². The first-order valence-corrected chi connectivity index (χ1v) is 8.73. The van der Waals surface area contributed by atoms with E-state index in [1.165, 1.54) is 12.8 Å². The molecule has 1 fully saturated rings. The zero-order chi connectivity index (χ0) is 17.1. The molecule has 2 heterocycles. The van der Waals surface area contributed by atoms with E-state index in [4.69, 9.17) is 4.42 Å². The number of rotatable bonds is 5. The van der Waals surface area contributed by atoms with Crippen LogP contribution in [0.4, 0.5) is 0 Å². The number of fused-ring (bicyclic) bond motifs is 1. The Kier molecular flexibility index (Phi) is 4.41. The largest absolute Gasteiger partial charge is 0.417 e. The highest BCUT2D eigenvalue weighted by atomic mass is 16.4. The second kappa shape index (κ2) is 7.01. The molecule has 1 aromatic carbocycles. The first kappa shape index (κ1) is 15.7. The molecule has 1 amide bonds. The summed E-state index contributed by atoms with van der Waals surface area (Å²) in [5.41, 5.74) is 0.661. The third-order valence-electron chi connectivity index (χ3n) is 4.73. The van der Waals surface area contributed by atoms with Gasteiger partial charge in [0.15, 0.2) is 0 Å². The predicted molar refractivity (Wildman–Crippen MR) is 93.5 cm³/mol. The monoisotopic (exact) mass is 336 g/mol. The summed E-state index contributed by atoms with van der Waals surface area (Å²) in [7, 11) is 0. The van der Waals surface area contributed by atoms with Crippen molar-refractivity contribution in [2.75, 3.05) is 0 Å². The Morgan fingerprint density at radius 1 is 1.16 bits per heavy atom. The maximum Gasteiger partial charge on any atom is 0.266 e. The fourth-order valence-electron chi connectivity index (χ4n) is 3.43. The first-order valence-electron chi connectivity index (χ1n) is 8.73. The van der Waals surface area contributed by atoms with Gasteiger partial charge in [-0.3, -0.25) is 9.78 Å². The van der Waals surface area contributed by atoms with E-state index >= 15 is 0 Å². The van der Waals surface area contributed by atoms with E-state index in [2.05, 4.69) is 20.5 Å². The van der Waals surface area contributed by atoms with Crippen LogP contribution >= 0.6 is 0 Å². The number of pyridine rings is 1. The van der Waals surface area contributed by atoms with Gasteiger partial charge >= 0.3 is 0 Å². The van der Waals surface area contributed by atoms with Gasteiger partial charge in [0.25, 0.3) is 5.89 Å². The van der Waals surface area contributed by atoms with Crippen molar-refractivity contribution in [2.24, 2.45) is 5.92 Å². The minimum atomic E-state index is 0.0509. The predicted octanol–water partition coefficient (Wildman–Crippen LogP) is 3.48. The highest BCUT2D eigenvalue weighted by Gasteiger charge is 2.19. The third kappa shape index (κ3) is 3.52. The van der Waals surface area contributed by atoms with Gasteiger partial charge in [-0.1, -0.05) is 37.1 Å². The molecule has 1 N–H and O–H groups in total. The molecule has 128 valence electrons. The summed E-state index contributed by atoms with van der Waals surface area (Å²) in [4.78, 5) is 16.4. The van der Waals surface area contributed by atoms with Crippen molar-refractivity contribution in [3.8, 4) is 11.6 Å². The number of hydrogen-bond acceptors (Lipinski definition) is 5. The van der Waals surface area contributed by atoms with Crippen molar-refractivity contribution in [1.29, 1.82) is 0 Å². The smallest absolute Gasteiger partial charge is 0.266 e. The first-order chi connectivity index (χ1) is 12.3. The summed E-state index contributed by atoms with van der Waals surface area (Å²) in [5.74, 6) is 1.34. The van der Waals surface area contributed by atoms with Gasteiger partial charge in [-0.25, -0.2) is 0 Å². The number of carbonyl (C=O) groups is 1. The van der Waals surface area contributed by atoms with Crippen molar-refractivity contribution < 1.29 is 9.21 Å². The van der Waals surface area contributed by atoms with Crippen molar-refractivity contribution in [2.45, 2.75) is 38.6 Å². The summed E-state index contributed by atoms with van der Waals surface area (Å²) < 4.78 is 5.70. The van der Waals surface area contributed by atoms with Gasteiger partial charge in [0.05, 0.1) is 6.54 Å². The Morgan fingerprint density at radius 2 is 2.00 bits per heavy atom. The topological polar surface area (TPSA) is 80.9 Å². The van der Waals surface area contributed by atoms with E-state index in [-0.39, 0.29) is 12.5 Å². The van der Waals surface area contributed by atoms with Crippen molar-refractivity contribution in [1.82, 2.24) is 20.5 Å². The van der Waals surface area contributed by atoms with Crippen LogP contribution in [0.15, 0.2) is 40.9 Å². The number of benzene rings is 1. The van der Waals surface area contributed by atoms with E-state index in [1.54, 1.807) is 6.20 Å². The van der Waals surface area contributed by atoms with E-state index in [9.17, 15) is 4.79 Å². The lowest BCUT2D eigenvalue weighted by Gasteiger charge is -2.07. The standard InChI is InChI=1S/C19H20N4O2/c24-16(11-13-5-1-2-6-13)21-12-17-22-23-19(25-17)18-15-8-4-3-7-14(15)9-10-20-18/h3-4,7-10,13H,1-2,5-6,11-12H2,(H,21,24). The molecule has 6 nitrogen and oxygen atoms in total. The summed E-state index contributed by atoms with van der Waals surface area (Å²) in [6.07, 6.45) is 7.11. The molecule has 1 aliphatic carbocycles. The minimum absolute atomic E-state index is 0.0509. The Balaban J connectivity index is 1.44. The molecule has 0 bridgehead atoms. The molecule has 0 spiro atoms. The number of aromatic nitrogens is 3. The highest BCUT2D eigenvalue weighted by Crippen LogP contribution is 2.27. The zero-order valence-electron chi connectivity index (χ0n) is 13.9. The summed E-state index contributed by atoms with van der Waals surface area (Å²) in [6, 6.07) is 9.87. The highest BCUT2D eigenvalue weighted by molar-refractivity contribution is 5.92. The summed E-state index contributed by atoms with van der Waals surface area (Å²) >= 11 is 0. The number of amides is 1. The molecule has 6 heteroatoms. The normalized spacial score (nSPS) is 14.9. The quantitative estimate of drug-likeness (QED) is 0.771. The van der Waals surface area contributed by atoms with Crippen molar-refractivity contribution in [3.63, 3.8) is 0 Å². The lowest BCUT2D eigenvalue weighted by Crippen LogP contribution is -2.24. The van der Waals surface area contributed by atoms with Gasteiger partial charge in [-0.05, 0) is 30.2 Å². The van der Waals surface area contributed by atoms with E-state index in [0.717, 1.165) is 23.6 Å². The van der Waals surface area contributed by atoms with Crippen LogP contribution in [0, 0.1) is 5.92 Å². The Morgan fingerprint density at radius 3 is 2.88 bits per heavy atom. The average molecular weight is 336 g/mol. The van der Waals surface area contributed by atoms with Crippen LogP contribution in [0.2, 0.25) is 0 Å². The number of nitrogens with zero attached hydrogens (tertiary/aromatic N) is 3. The summed E-state index contributed by atoms with van der Waals surface area (Å²) in [5, 5.41) is 13.0. The zero-order valence-corrected chi connectivity index (χ0v) is 13.9. The third-order valence-corrected chi connectivity index (χ3v) is 4.73. The summed E-state index contributed by atoms with van der Waals surface area (Å²) in [6.45, 7) is 0.253. The number of nitrogens with one attached hydrogen (secondary N) is 1. The molecule has 1 aliphatic rings. The lowest BCUT2D eigenvalue weighted by molar-refractivity contribution is -0.122. The van der Waals surface area contributed by atoms with Gasteiger partial charge in [0.1, 0.15) is 5.69 Å². The Bertz CT molecular complexity index is 879. The molecule has 1 saturated carbocycles. The average Bonchev–Trinajstić information content (AvgIpc) is 3.31. The number of carbonyl (C=O) groups excluding carboxylic acids is 1. The SMILES string of the molecule is O=C(CC1CCCC1)NCc1nnc(-c2nccc3ccccc23)o1. The Labute approximate surface area is 145 Å². The van der Waals surface area contributed by atoms with Crippen molar-refractivity contribution in [3.05, 3.63) is 42.4 Å². The maximum absolute atomic E-state index is 12.0. The van der Waals surface area contributed by atoms with E-state index in [0.29, 0.717) is 29.8 Å². The molecule has 4 rings (SSSR count). The van der Waals surface area contributed by atoms with Crippen molar-refractivity contribution >= 4 is 16.7 Å². The molecule has 0 radical (unpaired) electrons. The molecule has 3 aromatic rings. The lowest BCUT2D eigenvalue weighted by atomic mass is 10.0. The fraction of sp³-hybridized carbons (Fsp3) is 0.368.